The molecule has 4 aromatic rings. The van der Waals surface area contributed by atoms with Gasteiger partial charge in [-0.15, -0.1) is 5.10 Å². The molecule has 1 atom stereocenters. The summed E-state index contributed by atoms with van der Waals surface area (Å²) in [7, 11) is 0. The van der Waals surface area contributed by atoms with Crippen LogP contribution >= 0.6 is 11.6 Å². The number of fused-ring (bicyclic) bond motifs is 1. The van der Waals surface area contributed by atoms with Crippen molar-refractivity contribution in [1.29, 1.82) is 5.26 Å². The Morgan fingerprint density at radius 2 is 2.05 bits per heavy atom. The molecule has 3 N–H and O–H groups in total. The largest absolute Gasteiger partial charge is 0.394 e. The van der Waals surface area contributed by atoms with E-state index in [1.165, 1.54) is 12.3 Å². The maximum absolute atomic E-state index is 13.9. The second-order valence-corrected chi connectivity index (χ2v) is 11.7. The quantitative estimate of drug-likeness (QED) is 0.252. The molecular formula is C28H30ClFN8O. The number of benzene rings is 1. The molecule has 0 bridgehead atoms. The number of aryl methyl sites for hydroxylation is 1. The van der Waals surface area contributed by atoms with Crippen molar-refractivity contribution in [3.63, 3.8) is 0 Å². The van der Waals surface area contributed by atoms with E-state index < -0.39 is 17.5 Å². The van der Waals surface area contributed by atoms with Gasteiger partial charge < -0.3 is 15.7 Å². The zero-order chi connectivity index (χ0) is 27.9. The summed E-state index contributed by atoms with van der Waals surface area (Å²) in [4.78, 5) is 8.45. The van der Waals surface area contributed by atoms with E-state index in [1.54, 1.807) is 29.9 Å². The molecule has 1 aromatic carbocycles. The molecule has 1 unspecified atom stereocenters. The predicted molar refractivity (Wildman–Crippen MR) is 148 cm³/mol. The van der Waals surface area contributed by atoms with E-state index in [1.807, 2.05) is 6.07 Å². The summed E-state index contributed by atoms with van der Waals surface area (Å²) in [6.45, 7) is 8.66. The van der Waals surface area contributed by atoms with Crippen molar-refractivity contribution >= 4 is 33.9 Å². The maximum atomic E-state index is 13.9. The smallest absolute Gasteiger partial charge is 0.213 e. The number of pyridine rings is 2. The first-order chi connectivity index (χ1) is 18.5. The van der Waals surface area contributed by atoms with Gasteiger partial charge in [0.25, 0.3) is 0 Å². The second-order valence-electron chi connectivity index (χ2n) is 11.3. The van der Waals surface area contributed by atoms with Crippen molar-refractivity contribution in [3.8, 4) is 6.07 Å². The van der Waals surface area contributed by atoms with Crippen molar-refractivity contribution in [3.05, 3.63) is 70.1 Å². The van der Waals surface area contributed by atoms with E-state index in [0.717, 1.165) is 12.8 Å². The van der Waals surface area contributed by atoms with Gasteiger partial charge in [-0.1, -0.05) is 43.7 Å². The highest BCUT2D eigenvalue weighted by atomic mass is 35.5. The highest BCUT2D eigenvalue weighted by Gasteiger charge is 2.45. The van der Waals surface area contributed by atoms with Crippen LogP contribution in [0.5, 0.6) is 0 Å². The van der Waals surface area contributed by atoms with Crippen LogP contribution < -0.4 is 10.6 Å². The Labute approximate surface area is 231 Å². The molecule has 5 rings (SSSR count). The Kier molecular flexibility index (Phi) is 6.91. The standard InChI is InChI=1S/C28H30ClFN8O/c1-16-19(5-6-23(30)34-16)26(22-13-38(37-36-22)28(15-39)7-8-28)35-18-9-20-24(33-14-27(2,3)4)17(11-31)12-32-25(20)21(29)10-18/h5-6,9-10,12-13,26,35,39H,7-8,14-15H2,1-4H3,(H,32,33). The van der Waals surface area contributed by atoms with Crippen molar-refractivity contribution in [2.24, 2.45) is 5.41 Å². The molecule has 1 saturated carbocycles. The number of hydrogen-bond donors (Lipinski definition) is 3. The van der Waals surface area contributed by atoms with Crippen LogP contribution in [0.3, 0.4) is 0 Å². The monoisotopic (exact) mass is 548 g/mol. The highest BCUT2D eigenvalue weighted by Crippen LogP contribution is 2.43. The van der Waals surface area contributed by atoms with Crippen LogP contribution in [0, 0.1) is 29.6 Å². The van der Waals surface area contributed by atoms with E-state index in [4.69, 9.17) is 11.6 Å². The molecule has 11 heteroatoms. The fourth-order valence-electron chi connectivity index (χ4n) is 4.54. The lowest BCUT2D eigenvalue weighted by molar-refractivity contribution is 0.200. The van der Waals surface area contributed by atoms with Crippen molar-refractivity contribution in [1.82, 2.24) is 25.0 Å². The average molecular weight is 549 g/mol. The molecule has 3 heterocycles. The third-order valence-corrected chi connectivity index (χ3v) is 7.26. The van der Waals surface area contributed by atoms with Crippen molar-refractivity contribution < 1.29 is 9.50 Å². The van der Waals surface area contributed by atoms with Gasteiger partial charge in [-0.05, 0) is 43.4 Å². The molecule has 0 radical (unpaired) electrons. The number of aliphatic hydroxyl groups excluding tert-OH is 1. The maximum Gasteiger partial charge on any atom is 0.213 e. The summed E-state index contributed by atoms with van der Waals surface area (Å²) in [5.74, 6) is -0.575. The van der Waals surface area contributed by atoms with Crippen LogP contribution in [-0.4, -0.2) is 43.2 Å². The molecule has 1 aliphatic carbocycles. The fraction of sp³-hybridized carbons (Fsp3) is 0.393. The summed E-state index contributed by atoms with van der Waals surface area (Å²) < 4.78 is 15.6. The number of halogens is 2. The normalized spacial score (nSPS) is 15.1. The van der Waals surface area contributed by atoms with Gasteiger partial charge in [-0.3, -0.25) is 4.98 Å². The highest BCUT2D eigenvalue weighted by molar-refractivity contribution is 6.35. The number of nitrogens with zero attached hydrogens (tertiary/aromatic N) is 6. The van der Waals surface area contributed by atoms with E-state index in [-0.39, 0.29) is 12.0 Å². The van der Waals surface area contributed by atoms with E-state index >= 15 is 0 Å². The minimum Gasteiger partial charge on any atom is -0.394 e. The van der Waals surface area contributed by atoms with Crippen LogP contribution in [0.4, 0.5) is 15.8 Å². The van der Waals surface area contributed by atoms with E-state index in [9.17, 15) is 14.8 Å². The van der Waals surface area contributed by atoms with Crippen LogP contribution in [0.2, 0.25) is 5.02 Å². The lowest BCUT2D eigenvalue weighted by Crippen LogP contribution is -2.22. The molecule has 1 aliphatic rings. The van der Waals surface area contributed by atoms with Gasteiger partial charge in [-0.2, -0.15) is 9.65 Å². The van der Waals surface area contributed by atoms with Crippen molar-refractivity contribution in [2.45, 2.75) is 52.1 Å². The Bertz CT molecular complexity index is 1590. The molecule has 3 aromatic heterocycles. The van der Waals surface area contributed by atoms with Gasteiger partial charge in [0.2, 0.25) is 5.95 Å². The van der Waals surface area contributed by atoms with Gasteiger partial charge in [0.1, 0.15) is 11.8 Å². The third-order valence-electron chi connectivity index (χ3n) is 6.97. The zero-order valence-corrected chi connectivity index (χ0v) is 23.0. The summed E-state index contributed by atoms with van der Waals surface area (Å²) >= 11 is 6.70. The third kappa shape index (κ3) is 5.37. The lowest BCUT2D eigenvalue weighted by Gasteiger charge is -2.23. The summed E-state index contributed by atoms with van der Waals surface area (Å²) in [6.07, 6.45) is 4.97. The lowest BCUT2D eigenvalue weighted by atomic mass is 9.96. The molecule has 0 saturated heterocycles. The first-order valence-electron chi connectivity index (χ1n) is 12.7. The van der Waals surface area contributed by atoms with Crippen LogP contribution in [0.1, 0.15) is 62.2 Å². The van der Waals surface area contributed by atoms with Crippen LogP contribution in [0.15, 0.2) is 36.7 Å². The molecule has 0 spiro atoms. The first-order valence-corrected chi connectivity index (χ1v) is 13.1. The minimum absolute atomic E-state index is 0.0239. The number of rotatable bonds is 8. The van der Waals surface area contributed by atoms with E-state index in [0.29, 0.717) is 56.4 Å². The van der Waals surface area contributed by atoms with Gasteiger partial charge in [0.15, 0.2) is 0 Å². The first kappa shape index (κ1) is 26.8. The fourth-order valence-corrected chi connectivity index (χ4v) is 4.81. The number of nitriles is 1. The summed E-state index contributed by atoms with van der Waals surface area (Å²) in [6, 6.07) is 8.30. The number of aliphatic hydroxyl groups is 1. The Hall–Kier alpha value is -3.81. The number of aromatic nitrogens is 5. The second kappa shape index (κ2) is 10.1. The summed E-state index contributed by atoms with van der Waals surface area (Å²) in [5.41, 5.74) is 3.62. The summed E-state index contributed by atoms with van der Waals surface area (Å²) in [5, 5.41) is 36.4. The predicted octanol–water partition coefficient (Wildman–Crippen LogP) is 5.33. The van der Waals surface area contributed by atoms with Gasteiger partial charge in [0, 0.05) is 35.1 Å². The Morgan fingerprint density at radius 1 is 1.28 bits per heavy atom. The van der Waals surface area contributed by atoms with Gasteiger partial charge in [-0.25, -0.2) is 9.67 Å². The Morgan fingerprint density at radius 3 is 2.69 bits per heavy atom. The molecule has 0 amide bonds. The van der Waals surface area contributed by atoms with Gasteiger partial charge >= 0.3 is 0 Å². The minimum atomic E-state index is -0.575. The van der Waals surface area contributed by atoms with Crippen LogP contribution in [0.25, 0.3) is 10.9 Å². The Balaban J connectivity index is 1.60. The SMILES string of the molecule is Cc1nc(F)ccc1C(Nc1cc(Cl)c2ncc(C#N)c(NCC(C)(C)C)c2c1)c1cn(C2(CO)CC2)nn1. The molecule has 202 valence electrons. The zero-order valence-electron chi connectivity index (χ0n) is 22.3. The van der Waals surface area contributed by atoms with E-state index in [2.05, 4.69) is 57.8 Å². The number of nitrogens with one attached hydrogen (secondary N) is 2. The molecule has 0 aliphatic heterocycles. The van der Waals surface area contributed by atoms with Gasteiger partial charge in [0.05, 0.1) is 46.2 Å². The topological polar surface area (TPSA) is 125 Å². The molecular weight excluding hydrogens is 519 g/mol. The molecule has 1 fully saturated rings. The number of hydrogen-bond acceptors (Lipinski definition) is 8. The molecule has 9 nitrogen and oxygen atoms in total. The van der Waals surface area contributed by atoms with Crippen molar-refractivity contribution in [2.75, 3.05) is 23.8 Å². The number of anilines is 2. The average Bonchev–Trinajstić information content (AvgIpc) is 3.53. The molecule has 39 heavy (non-hydrogen) atoms. The van der Waals surface area contributed by atoms with Crippen LogP contribution in [-0.2, 0) is 5.54 Å².